The van der Waals surface area contributed by atoms with Crippen molar-refractivity contribution in [2.45, 2.75) is 17.1 Å². The predicted molar refractivity (Wildman–Crippen MR) is 131 cm³/mol. The number of anilines is 2. The van der Waals surface area contributed by atoms with E-state index in [1.54, 1.807) is 31.4 Å². The topological polar surface area (TPSA) is 80.3 Å². The molecule has 0 aliphatic carbocycles. The van der Waals surface area contributed by atoms with Crippen LogP contribution in [0.15, 0.2) is 77.7 Å². The summed E-state index contributed by atoms with van der Waals surface area (Å²) in [6.07, 6.45) is 0. The molecule has 4 rings (SSSR count). The van der Waals surface area contributed by atoms with E-state index in [9.17, 15) is 9.59 Å². The average molecular weight is 464 g/mol. The Morgan fingerprint density at radius 2 is 1.81 bits per heavy atom. The van der Waals surface area contributed by atoms with Gasteiger partial charge in [0.2, 0.25) is 5.91 Å². The zero-order chi connectivity index (χ0) is 22.5. The van der Waals surface area contributed by atoms with E-state index in [0.29, 0.717) is 22.1 Å². The highest BCUT2D eigenvalue weighted by molar-refractivity contribution is 8.00. The third-order valence-electron chi connectivity index (χ3n) is 4.63. The van der Waals surface area contributed by atoms with Crippen LogP contribution in [0.25, 0.3) is 10.2 Å². The first-order valence-corrected chi connectivity index (χ1v) is 11.6. The van der Waals surface area contributed by atoms with Gasteiger partial charge < -0.3 is 15.4 Å². The lowest BCUT2D eigenvalue weighted by Crippen LogP contribution is -2.22. The van der Waals surface area contributed by atoms with Crippen LogP contribution in [-0.4, -0.2) is 29.2 Å². The van der Waals surface area contributed by atoms with E-state index in [1.165, 1.54) is 23.1 Å². The van der Waals surface area contributed by atoms with Gasteiger partial charge in [0.15, 0.2) is 5.13 Å². The van der Waals surface area contributed by atoms with Crippen LogP contribution < -0.4 is 15.4 Å². The molecule has 2 amide bonds. The second-order valence-corrected chi connectivity index (χ2v) is 9.39. The summed E-state index contributed by atoms with van der Waals surface area (Å²) in [6, 6.07) is 22.2. The number of carbonyl (C=O) groups excluding carboxylic acids is 2. The number of ether oxygens (including phenoxy) is 1. The van der Waals surface area contributed by atoms with Crippen LogP contribution in [0.2, 0.25) is 0 Å². The minimum atomic E-state index is -0.341. The lowest BCUT2D eigenvalue weighted by Gasteiger charge is -2.12. The molecule has 4 aromatic rings. The van der Waals surface area contributed by atoms with Gasteiger partial charge in [0.1, 0.15) is 5.75 Å². The summed E-state index contributed by atoms with van der Waals surface area (Å²) in [5.74, 6) is 0.266. The van der Waals surface area contributed by atoms with E-state index in [-0.39, 0.29) is 17.1 Å². The molecule has 0 fully saturated rings. The maximum atomic E-state index is 12.7. The molecule has 1 heterocycles. The number of nitrogens with one attached hydrogen (secondary N) is 2. The predicted octanol–water partition coefficient (Wildman–Crippen LogP) is 5.68. The highest BCUT2D eigenvalue weighted by Gasteiger charge is 2.17. The third-order valence-corrected chi connectivity index (χ3v) is 6.68. The Morgan fingerprint density at radius 1 is 1.00 bits per heavy atom. The minimum Gasteiger partial charge on any atom is -0.497 e. The monoisotopic (exact) mass is 463 g/mol. The number of thiazole rings is 1. The number of thioether (sulfide) groups is 1. The quantitative estimate of drug-likeness (QED) is 0.345. The highest BCUT2D eigenvalue weighted by Crippen LogP contribution is 2.29. The second-order valence-electron chi connectivity index (χ2n) is 6.95. The molecule has 32 heavy (non-hydrogen) atoms. The van der Waals surface area contributed by atoms with Crippen molar-refractivity contribution in [2.75, 3.05) is 17.7 Å². The maximum absolute atomic E-state index is 12.7. The minimum absolute atomic E-state index is 0.125. The fourth-order valence-electron chi connectivity index (χ4n) is 3.01. The summed E-state index contributed by atoms with van der Waals surface area (Å²) in [5, 5.41) is 6.03. The molecule has 0 aliphatic rings. The molecule has 0 bridgehead atoms. The number of hydrogen-bond donors (Lipinski definition) is 2. The largest absolute Gasteiger partial charge is 0.497 e. The summed E-state index contributed by atoms with van der Waals surface area (Å²) in [4.78, 5) is 30.5. The fourth-order valence-corrected chi connectivity index (χ4v) is 4.80. The maximum Gasteiger partial charge on any atom is 0.255 e. The molecule has 0 saturated carbocycles. The number of methoxy groups -OCH3 is 1. The average Bonchev–Trinajstić information content (AvgIpc) is 3.21. The number of fused-ring (bicyclic) bond motifs is 1. The number of aromatic nitrogens is 1. The summed E-state index contributed by atoms with van der Waals surface area (Å²) in [6.45, 7) is 1.84. The highest BCUT2D eigenvalue weighted by atomic mass is 32.2. The van der Waals surface area contributed by atoms with Crippen LogP contribution in [0, 0.1) is 0 Å². The number of para-hydroxylation sites is 1. The number of rotatable bonds is 7. The second kappa shape index (κ2) is 9.84. The van der Waals surface area contributed by atoms with Crippen molar-refractivity contribution in [3.05, 3.63) is 78.4 Å². The van der Waals surface area contributed by atoms with E-state index in [2.05, 4.69) is 15.6 Å². The molecule has 3 aromatic carbocycles. The number of benzene rings is 3. The molecule has 0 spiro atoms. The molecular formula is C24H21N3O3S2. The summed E-state index contributed by atoms with van der Waals surface area (Å²) < 4.78 is 6.21. The zero-order valence-corrected chi connectivity index (χ0v) is 19.1. The van der Waals surface area contributed by atoms with E-state index < -0.39 is 0 Å². The van der Waals surface area contributed by atoms with Gasteiger partial charge in [0, 0.05) is 16.1 Å². The smallest absolute Gasteiger partial charge is 0.255 e. The lowest BCUT2D eigenvalue weighted by molar-refractivity contribution is -0.115. The van der Waals surface area contributed by atoms with E-state index in [1.807, 2.05) is 55.5 Å². The zero-order valence-electron chi connectivity index (χ0n) is 17.5. The first-order chi connectivity index (χ1) is 15.5. The molecule has 0 aliphatic heterocycles. The van der Waals surface area contributed by atoms with Gasteiger partial charge in [-0.2, -0.15) is 0 Å². The summed E-state index contributed by atoms with van der Waals surface area (Å²) in [7, 11) is 1.56. The van der Waals surface area contributed by atoms with Crippen molar-refractivity contribution in [1.29, 1.82) is 0 Å². The molecule has 6 nitrogen and oxygen atoms in total. The SMILES string of the molecule is COc1cccc(C(=O)Nc2cccc(SC(C)C(=O)Nc3nc4ccccc4s3)c2)c1. The Bertz CT molecular complexity index is 1240. The van der Waals surface area contributed by atoms with Crippen molar-refractivity contribution in [3.63, 3.8) is 0 Å². The number of nitrogens with zero attached hydrogens (tertiary/aromatic N) is 1. The van der Waals surface area contributed by atoms with E-state index in [4.69, 9.17) is 4.74 Å². The number of amides is 2. The van der Waals surface area contributed by atoms with Crippen molar-refractivity contribution in [2.24, 2.45) is 0 Å². The van der Waals surface area contributed by atoms with Crippen molar-refractivity contribution in [1.82, 2.24) is 4.98 Å². The van der Waals surface area contributed by atoms with Crippen molar-refractivity contribution < 1.29 is 14.3 Å². The molecule has 0 radical (unpaired) electrons. The standard InChI is InChI=1S/C24H21N3O3S2/c1-15(22(28)27-24-26-20-11-3-4-12-21(20)32-24)31-19-10-6-8-17(14-19)25-23(29)16-7-5-9-18(13-16)30-2/h3-15H,1-2H3,(H,25,29)(H,26,27,28). The first kappa shape index (κ1) is 21.9. The number of hydrogen-bond acceptors (Lipinski definition) is 6. The Kier molecular flexibility index (Phi) is 6.72. The number of carbonyl (C=O) groups is 2. The summed E-state index contributed by atoms with van der Waals surface area (Å²) >= 11 is 2.86. The third kappa shape index (κ3) is 5.27. The Labute approximate surface area is 194 Å². The van der Waals surface area contributed by atoms with Gasteiger partial charge in [-0.05, 0) is 55.5 Å². The Balaban J connectivity index is 1.39. The lowest BCUT2D eigenvalue weighted by atomic mass is 10.2. The van der Waals surface area contributed by atoms with Crippen LogP contribution in [0.5, 0.6) is 5.75 Å². The van der Waals surface area contributed by atoms with Crippen LogP contribution in [0.3, 0.4) is 0 Å². The van der Waals surface area contributed by atoms with Gasteiger partial charge >= 0.3 is 0 Å². The molecule has 162 valence electrons. The first-order valence-electron chi connectivity index (χ1n) is 9.90. The molecule has 2 N–H and O–H groups in total. The van der Waals surface area contributed by atoms with Crippen molar-refractivity contribution in [3.8, 4) is 5.75 Å². The van der Waals surface area contributed by atoms with E-state index >= 15 is 0 Å². The summed E-state index contributed by atoms with van der Waals surface area (Å²) in [5.41, 5.74) is 2.03. The normalized spacial score (nSPS) is 11.7. The van der Waals surface area contributed by atoms with Crippen LogP contribution in [-0.2, 0) is 4.79 Å². The molecule has 0 saturated heterocycles. The van der Waals surface area contributed by atoms with Gasteiger partial charge in [-0.15, -0.1) is 11.8 Å². The van der Waals surface area contributed by atoms with E-state index in [0.717, 1.165) is 15.1 Å². The van der Waals surface area contributed by atoms with Crippen molar-refractivity contribution >= 4 is 55.9 Å². The van der Waals surface area contributed by atoms with Crippen LogP contribution >= 0.6 is 23.1 Å². The van der Waals surface area contributed by atoms with Gasteiger partial charge in [-0.1, -0.05) is 35.6 Å². The molecule has 1 aromatic heterocycles. The fraction of sp³-hybridized carbons (Fsp3) is 0.125. The Hall–Kier alpha value is -3.36. The van der Waals surface area contributed by atoms with Gasteiger partial charge in [0.25, 0.3) is 5.91 Å². The van der Waals surface area contributed by atoms with Gasteiger partial charge in [-0.25, -0.2) is 4.98 Å². The molecule has 1 unspecified atom stereocenters. The molecule has 8 heteroatoms. The van der Waals surface area contributed by atoms with Gasteiger partial charge in [-0.3, -0.25) is 9.59 Å². The Morgan fingerprint density at radius 3 is 2.62 bits per heavy atom. The van der Waals surface area contributed by atoms with Crippen LogP contribution in [0.1, 0.15) is 17.3 Å². The molecular weight excluding hydrogens is 442 g/mol. The van der Waals surface area contributed by atoms with Crippen LogP contribution in [0.4, 0.5) is 10.8 Å². The molecule has 1 atom stereocenters. The van der Waals surface area contributed by atoms with Gasteiger partial charge in [0.05, 0.1) is 22.6 Å².